The lowest BCUT2D eigenvalue weighted by Gasteiger charge is -2.08. The molecule has 0 aliphatic carbocycles. The van der Waals surface area contributed by atoms with Gasteiger partial charge < -0.3 is 9.47 Å². The number of rotatable bonds is 15. The Morgan fingerprint density at radius 2 is 1.65 bits per heavy atom. The van der Waals surface area contributed by atoms with Gasteiger partial charge in [0.05, 0.1) is 7.11 Å². The summed E-state index contributed by atoms with van der Waals surface area (Å²) in [6.07, 6.45) is 11.5. The molecule has 0 bridgehead atoms. The highest BCUT2D eigenvalue weighted by atomic mass is 16.5. The number of carbonyl (C=O) groups is 1. The molecule has 6 nitrogen and oxygen atoms in total. The number of hydrogen-bond donors (Lipinski definition) is 1. The number of esters is 1. The first-order chi connectivity index (χ1) is 16.7. The summed E-state index contributed by atoms with van der Waals surface area (Å²) in [5.74, 6) is 1.84. The van der Waals surface area contributed by atoms with E-state index in [1.54, 1.807) is 7.11 Å². The Morgan fingerprint density at radius 1 is 0.912 bits per heavy atom. The molecule has 1 aromatic heterocycles. The number of methoxy groups -OCH3 is 1. The van der Waals surface area contributed by atoms with Gasteiger partial charge in [0.25, 0.3) is 0 Å². The van der Waals surface area contributed by atoms with Crippen molar-refractivity contribution in [2.24, 2.45) is 0 Å². The van der Waals surface area contributed by atoms with Crippen LogP contribution in [0, 0.1) is 0 Å². The zero-order chi connectivity index (χ0) is 24.0. The summed E-state index contributed by atoms with van der Waals surface area (Å²) >= 11 is 0. The van der Waals surface area contributed by atoms with Crippen molar-refractivity contribution in [3.63, 3.8) is 0 Å². The Kier molecular flexibility index (Phi) is 10.6. The van der Waals surface area contributed by atoms with Crippen LogP contribution in [-0.2, 0) is 16.1 Å². The lowest BCUT2D eigenvalue weighted by molar-refractivity contribution is -0.145. The Hall–Kier alpha value is -3.15. The fraction of sp³-hybridized carbons (Fsp3) is 0.464. The molecule has 0 radical (unpaired) electrons. The molecule has 2 aromatic carbocycles. The summed E-state index contributed by atoms with van der Waals surface area (Å²) < 4.78 is 10.9. The van der Waals surface area contributed by atoms with Gasteiger partial charge in [-0.2, -0.15) is 5.10 Å². The third-order valence-electron chi connectivity index (χ3n) is 5.96. The maximum Gasteiger partial charge on any atom is 0.306 e. The number of nitrogens with one attached hydrogen (secondary N) is 1. The highest BCUT2D eigenvalue weighted by molar-refractivity contribution is 5.70. The first-order valence-electron chi connectivity index (χ1n) is 12.5. The second-order valence-electron chi connectivity index (χ2n) is 8.64. The van der Waals surface area contributed by atoms with Crippen LogP contribution in [0.2, 0.25) is 0 Å². The first kappa shape index (κ1) is 25.5. The van der Waals surface area contributed by atoms with Gasteiger partial charge in [0, 0.05) is 23.1 Å². The monoisotopic (exact) mass is 463 g/mol. The van der Waals surface area contributed by atoms with Gasteiger partial charge in [-0.05, 0) is 18.6 Å². The van der Waals surface area contributed by atoms with Crippen LogP contribution in [0.5, 0.6) is 5.75 Å². The summed E-state index contributed by atoms with van der Waals surface area (Å²) in [6, 6.07) is 15.4. The third kappa shape index (κ3) is 8.01. The number of aromatic nitrogens is 3. The fourth-order valence-electron chi connectivity index (χ4n) is 3.96. The zero-order valence-electron chi connectivity index (χ0n) is 20.5. The van der Waals surface area contributed by atoms with Crippen LogP contribution in [0.25, 0.3) is 22.8 Å². The molecule has 3 aromatic rings. The Balaban J connectivity index is 1.47. The number of ether oxygens (including phenoxy) is 2. The molecule has 0 aliphatic heterocycles. The molecule has 0 atom stereocenters. The topological polar surface area (TPSA) is 77.1 Å². The fourth-order valence-corrected chi connectivity index (χ4v) is 3.96. The molecule has 0 saturated heterocycles. The van der Waals surface area contributed by atoms with Gasteiger partial charge in [-0.3, -0.25) is 9.89 Å². The van der Waals surface area contributed by atoms with Gasteiger partial charge in [0.2, 0.25) is 0 Å². The van der Waals surface area contributed by atoms with Gasteiger partial charge in [0.15, 0.2) is 11.6 Å². The molecule has 6 heteroatoms. The van der Waals surface area contributed by atoms with E-state index >= 15 is 0 Å². The lowest BCUT2D eigenvalue weighted by Crippen LogP contribution is -2.05. The molecular formula is C28H37N3O3. The summed E-state index contributed by atoms with van der Waals surface area (Å²) in [6.45, 7) is 2.47. The average molecular weight is 464 g/mol. The maximum atomic E-state index is 12.3. The standard InChI is InChI=1S/C28H37N3O3/c1-3-4-5-6-7-8-9-10-11-19-26(32)34-21-23-15-12-13-18-25(23)28-29-27(30-31-28)22-16-14-17-24(20-22)33-2/h12-18,20H,3-11,19,21H2,1-2H3,(H,29,30,31). The number of aromatic amines is 1. The Morgan fingerprint density at radius 3 is 2.41 bits per heavy atom. The summed E-state index contributed by atoms with van der Waals surface area (Å²) in [4.78, 5) is 16.9. The number of benzene rings is 2. The van der Waals surface area contributed by atoms with Crippen LogP contribution < -0.4 is 4.74 Å². The predicted octanol–water partition coefficient (Wildman–Crippen LogP) is 7.11. The van der Waals surface area contributed by atoms with Crippen molar-refractivity contribution in [2.75, 3.05) is 7.11 Å². The van der Waals surface area contributed by atoms with Crippen molar-refractivity contribution < 1.29 is 14.3 Å². The maximum absolute atomic E-state index is 12.3. The minimum absolute atomic E-state index is 0.146. The molecule has 0 amide bonds. The molecular weight excluding hydrogens is 426 g/mol. The van der Waals surface area contributed by atoms with Crippen molar-refractivity contribution in [2.45, 2.75) is 77.7 Å². The zero-order valence-corrected chi connectivity index (χ0v) is 20.5. The van der Waals surface area contributed by atoms with E-state index in [9.17, 15) is 4.79 Å². The van der Waals surface area contributed by atoms with Gasteiger partial charge in [-0.25, -0.2) is 4.98 Å². The Bertz CT molecular complexity index is 1020. The first-order valence-corrected chi connectivity index (χ1v) is 12.5. The average Bonchev–Trinajstić information content (AvgIpc) is 3.37. The van der Waals surface area contributed by atoms with E-state index in [0.29, 0.717) is 18.1 Å². The van der Waals surface area contributed by atoms with Gasteiger partial charge in [-0.15, -0.1) is 0 Å². The van der Waals surface area contributed by atoms with Gasteiger partial charge in [0.1, 0.15) is 12.4 Å². The molecule has 0 fully saturated rings. The highest BCUT2D eigenvalue weighted by Crippen LogP contribution is 2.25. The van der Waals surface area contributed by atoms with E-state index in [1.165, 1.54) is 44.9 Å². The van der Waals surface area contributed by atoms with Crippen LogP contribution in [0.3, 0.4) is 0 Å². The van der Waals surface area contributed by atoms with Crippen molar-refractivity contribution >= 4 is 5.97 Å². The number of H-pyrrole nitrogens is 1. The number of unbranched alkanes of at least 4 members (excludes halogenated alkanes) is 8. The van der Waals surface area contributed by atoms with Crippen LogP contribution >= 0.6 is 0 Å². The molecule has 0 aliphatic rings. The third-order valence-corrected chi connectivity index (χ3v) is 5.96. The van der Waals surface area contributed by atoms with Crippen LogP contribution in [0.1, 0.15) is 76.7 Å². The van der Waals surface area contributed by atoms with E-state index in [0.717, 1.165) is 35.3 Å². The minimum atomic E-state index is -0.146. The predicted molar refractivity (Wildman–Crippen MR) is 135 cm³/mol. The van der Waals surface area contributed by atoms with Crippen LogP contribution in [0.4, 0.5) is 0 Å². The number of carbonyl (C=O) groups excluding carboxylic acids is 1. The molecule has 0 unspecified atom stereocenters. The van der Waals surface area contributed by atoms with E-state index < -0.39 is 0 Å². The van der Waals surface area contributed by atoms with Crippen LogP contribution in [-0.4, -0.2) is 28.3 Å². The summed E-state index contributed by atoms with van der Waals surface area (Å²) in [5.41, 5.74) is 2.64. The van der Waals surface area contributed by atoms with Crippen molar-refractivity contribution in [1.29, 1.82) is 0 Å². The van der Waals surface area contributed by atoms with Crippen LogP contribution in [0.15, 0.2) is 48.5 Å². The molecule has 1 N–H and O–H groups in total. The largest absolute Gasteiger partial charge is 0.497 e. The van der Waals surface area contributed by atoms with E-state index in [1.807, 2.05) is 48.5 Å². The quantitative estimate of drug-likeness (QED) is 0.192. The second kappa shape index (κ2) is 14.2. The molecule has 0 spiro atoms. The normalized spacial score (nSPS) is 10.9. The van der Waals surface area contributed by atoms with Crippen molar-refractivity contribution in [1.82, 2.24) is 15.2 Å². The Labute approximate surface area is 203 Å². The number of hydrogen-bond acceptors (Lipinski definition) is 5. The van der Waals surface area contributed by atoms with E-state index in [-0.39, 0.29) is 12.6 Å². The molecule has 1 heterocycles. The molecule has 34 heavy (non-hydrogen) atoms. The molecule has 182 valence electrons. The lowest BCUT2D eigenvalue weighted by atomic mass is 10.1. The van der Waals surface area contributed by atoms with E-state index in [2.05, 4.69) is 22.1 Å². The van der Waals surface area contributed by atoms with E-state index in [4.69, 9.17) is 9.47 Å². The number of nitrogens with zero attached hydrogens (tertiary/aromatic N) is 2. The minimum Gasteiger partial charge on any atom is -0.497 e. The van der Waals surface area contributed by atoms with Crippen molar-refractivity contribution in [3.05, 3.63) is 54.1 Å². The highest BCUT2D eigenvalue weighted by Gasteiger charge is 2.13. The SMILES string of the molecule is CCCCCCCCCCCC(=O)OCc1ccccc1-c1nc(-c2cccc(OC)c2)n[nH]1. The van der Waals surface area contributed by atoms with Gasteiger partial charge in [-0.1, -0.05) is 94.7 Å². The van der Waals surface area contributed by atoms with Crippen molar-refractivity contribution in [3.8, 4) is 28.5 Å². The second-order valence-corrected chi connectivity index (χ2v) is 8.64. The molecule has 3 rings (SSSR count). The molecule has 0 saturated carbocycles. The van der Waals surface area contributed by atoms with Gasteiger partial charge >= 0.3 is 5.97 Å². The summed E-state index contributed by atoms with van der Waals surface area (Å²) in [5, 5.41) is 7.37. The summed E-state index contributed by atoms with van der Waals surface area (Å²) in [7, 11) is 1.63. The smallest absolute Gasteiger partial charge is 0.306 e.